The van der Waals surface area contributed by atoms with Gasteiger partial charge in [0, 0.05) is 16.7 Å². The van der Waals surface area contributed by atoms with E-state index in [0.717, 1.165) is 10.5 Å². The lowest BCUT2D eigenvalue weighted by Gasteiger charge is -1.98. The Labute approximate surface area is 126 Å². The lowest BCUT2D eigenvalue weighted by molar-refractivity contribution is 0.425. The molecule has 106 valence electrons. The summed E-state index contributed by atoms with van der Waals surface area (Å²) in [6.45, 7) is 2.04. The van der Waals surface area contributed by atoms with Gasteiger partial charge < -0.3 is 10.3 Å². The van der Waals surface area contributed by atoms with Gasteiger partial charge in [-0.2, -0.15) is 4.98 Å². The summed E-state index contributed by atoms with van der Waals surface area (Å²) in [6, 6.07) is 11.7. The number of thioether (sulfide) groups is 1. The standard InChI is InChI=1S/C15H14N4OS/c1-10-2-4-11(5-3-10)15-18-14(19-20-15)9-21-12-6-7-13(16)17-8-12/h2-8H,9H2,1H3,(H2,16,17). The van der Waals surface area contributed by atoms with Crippen LogP contribution in [0.15, 0.2) is 52.0 Å². The van der Waals surface area contributed by atoms with Crippen LogP contribution in [0.1, 0.15) is 11.4 Å². The van der Waals surface area contributed by atoms with Crippen LogP contribution >= 0.6 is 11.8 Å². The highest BCUT2D eigenvalue weighted by atomic mass is 32.2. The number of aromatic nitrogens is 3. The minimum atomic E-state index is 0.514. The largest absolute Gasteiger partial charge is 0.384 e. The second-order valence-electron chi connectivity index (χ2n) is 4.59. The van der Waals surface area contributed by atoms with Crippen molar-refractivity contribution in [1.29, 1.82) is 0 Å². The number of hydrogen-bond donors (Lipinski definition) is 1. The van der Waals surface area contributed by atoms with Crippen molar-refractivity contribution in [3.8, 4) is 11.5 Å². The van der Waals surface area contributed by atoms with Gasteiger partial charge in [0.1, 0.15) is 5.82 Å². The number of rotatable bonds is 4. The second kappa shape index (κ2) is 5.97. The van der Waals surface area contributed by atoms with E-state index in [9.17, 15) is 0 Å². The molecule has 5 nitrogen and oxygen atoms in total. The third kappa shape index (κ3) is 3.41. The van der Waals surface area contributed by atoms with Crippen LogP contribution in [0, 0.1) is 6.92 Å². The average Bonchev–Trinajstić information content (AvgIpc) is 2.96. The average molecular weight is 298 g/mol. The molecule has 6 heteroatoms. The maximum atomic E-state index is 5.55. The number of hydrogen-bond acceptors (Lipinski definition) is 6. The van der Waals surface area contributed by atoms with Crippen molar-refractivity contribution >= 4 is 17.6 Å². The van der Waals surface area contributed by atoms with E-state index in [1.807, 2.05) is 37.3 Å². The molecule has 21 heavy (non-hydrogen) atoms. The Kier molecular flexibility index (Phi) is 3.87. The van der Waals surface area contributed by atoms with Gasteiger partial charge >= 0.3 is 0 Å². The molecule has 1 aromatic carbocycles. The molecule has 0 spiro atoms. The zero-order valence-electron chi connectivity index (χ0n) is 11.5. The fourth-order valence-corrected chi connectivity index (χ4v) is 2.46. The maximum Gasteiger partial charge on any atom is 0.257 e. The highest BCUT2D eigenvalue weighted by molar-refractivity contribution is 7.98. The lowest BCUT2D eigenvalue weighted by atomic mass is 10.1. The first-order valence-corrected chi connectivity index (χ1v) is 7.43. The summed E-state index contributed by atoms with van der Waals surface area (Å²) < 4.78 is 5.29. The smallest absolute Gasteiger partial charge is 0.257 e. The molecule has 0 aliphatic rings. The first kappa shape index (κ1) is 13.6. The Morgan fingerprint density at radius 1 is 1.14 bits per heavy atom. The molecular weight excluding hydrogens is 284 g/mol. The summed E-state index contributed by atoms with van der Waals surface area (Å²) >= 11 is 1.59. The summed E-state index contributed by atoms with van der Waals surface area (Å²) in [6.07, 6.45) is 1.74. The molecule has 0 aliphatic carbocycles. The predicted octanol–water partition coefficient (Wildman–Crippen LogP) is 3.31. The molecule has 2 heterocycles. The van der Waals surface area contributed by atoms with Gasteiger partial charge in [-0.05, 0) is 31.2 Å². The third-order valence-electron chi connectivity index (χ3n) is 2.89. The molecule has 0 bridgehead atoms. The highest BCUT2D eigenvalue weighted by Crippen LogP contribution is 2.23. The first-order chi connectivity index (χ1) is 10.2. The molecule has 0 atom stereocenters. The minimum Gasteiger partial charge on any atom is -0.384 e. The van der Waals surface area contributed by atoms with E-state index in [4.69, 9.17) is 10.3 Å². The molecular formula is C15H14N4OS. The van der Waals surface area contributed by atoms with Crippen LogP contribution in [-0.2, 0) is 5.75 Å². The van der Waals surface area contributed by atoms with Crippen molar-refractivity contribution < 1.29 is 4.52 Å². The summed E-state index contributed by atoms with van der Waals surface area (Å²) in [5.41, 5.74) is 7.68. The monoisotopic (exact) mass is 298 g/mol. The van der Waals surface area contributed by atoms with Crippen molar-refractivity contribution in [3.05, 3.63) is 54.0 Å². The fraction of sp³-hybridized carbons (Fsp3) is 0.133. The van der Waals surface area contributed by atoms with Crippen LogP contribution in [0.4, 0.5) is 5.82 Å². The van der Waals surface area contributed by atoms with Gasteiger partial charge in [0.05, 0.1) is 5.75 Å². The topological polar surface area (TPSA) is 77.8 Å². The molecule has 0 radical (unpaired) electrons. The van der Waals surface area contributed by atoms with Gasteiger partial charge in [-0.15, -0.1) is 11.8 Å². The molecule has 2 aromatic heterocycles. The van der Waals surface area contributed by atoms with Crippen molar-refractivity contribution in [1.82, 2.24) is 15.1 Å². The van der Waals surface area contributed by atoms with Crippen molar-refractivity contribution in [3.63, 3.8) is 0 Å². The zero-order chi connectivity index (χ0) is 14.7. The van der Waals surface area contributed by atoms with Crippen molar-refractivity contribution in [2.24, 2.45) is 0 Å². The quantitative estimate of drug-likeness (QED) is 0.744. The summed E-state index contributed by atoms with van der Waals surface area (Å²) in [5, 5.41) is 4.00. The van der Waals surface area contributed by atoms with E-state index < -0.39 is 0 Å². The third-order valence-corrected chi connectivity index (χ3v) is 3.87. The van der Waals surface area contributed by atoms with Gasteiger partial charge in [0.25, 0.3) is 5.89 Å². The van der Waals surface area contributed by atoms with Crippen LogP contribution in [0.2, 0.25) is 0 Å². The van der Waals surface area contributed by atoms with E-state index in [1.54, 1.807) is 24.0 Å². The van der Waals surface area contributed by atoms with Crippen LogP contribution in [0.5, 0.6) is 0 Å². The Bertz CT molecular complexity index is 722. The number of nitrogen functional groups attached to an aromatic ring is 1. The van der Waals surface area contributed by atoms with E-state index in [-0.39, 0.29) is 0 Å². The van der Waals surface area contributed by atoms with E-state index in [1.165, 1.54) is 5.56 Å². The molecule has 2 N–H and O–H groups in total. The van der Waals surface area contributed by atoms with Gasteiger partial charge in [-0.1, -0.05) is 22.9 Å². The Morgan fingerprint density at radius 3 is 2.67 bits per heavy atom. The van der Waals surface area contributed by atoms with E-state index >= 15 is 0 Å². The van der Waals surface area contributed by atoms with E-state index in [0.29, 0.717) is 23.3 Å². The SMILES string of the molecule is Cc1ccc(-c2nc(CSc3ccc(N)nc3)no2)cc1. The Morgan fingerprint density at radius 2 is 1.95 bits per heavy atom. The minimum absolute atomic E-state index is 0.514. The molecule has 0 fully saturated rings. The van der Waals surface area contributed by atoms with Gasteiger partial charge in [-0.25, -0.2) is 4.98 Å². The molecule has 0 aliphatic heterocycles. The normalized spacial score (nSPS) is 10.7. The van der Waals surface area contributed by atoms with Gasteiger partial charge in [0.2, 0.25) is 0 Å². The first-order valence-electron chi connectivity index (χ1n) is 6.45. The maximum absolute atomic E-state index is 5.55. The number of anilines is 1. The Balaban J connectivity index is 1.67. The van der Waals surface area contributed by atoms with E-state index in [2.05, 4.69) is 15.1 Å². The van der Waals surface area contributed by atoms with Crippen molar-refractivity contribution in [2.75, 3.05) is 5.73 Å². The predicted molar refractivity (Wildman–Crippen MR) is 82.7 cm³/mol. The van der Waals surface area contributed by atoms with Gasteiger partial charge in [0.15, 0.2) is 5.82 Å². The molecule has 3 rings (SSSR count). The van der Waals surface area contributed by atoms with Crippen LogP contribution in [0.25, 0.3) is 11.5 Å². The number of benzene rings is 1. The van der Waals surface area contributed by atoms with Crippen LogP contribution < -0.4 is 5.73 Å². The van der Waals surface area contributed by atoms with Crippen LogP contribution in [-0.4, -0.2) is 15.1 Å². The Hall–Kier alpha value is -2.34. The van der Waals surface area contributed by atoms with Crippen molar-refractivity contribution in [2.45, 2.75) is 17.6 Å². The molecule has 0 amide bonds. The lowest BCUT2D eigenvalue weighted by Crippen LogP contribution is -1.89. The number of nitrogens with two attached hydrogens (primary N) is 1. The van der Waals surface area contributed by atoms with Gasteiger partial charge in [-0.3, -0.25) is 0 Å². The zero-order valence-corrected chi connectivity index (χ0v) is 12.3. The number of pyridine rings is 1. The number of aryl methyl sites for hydroxylation is 1. The summed E-state index contributed by atoms with van der Waals surface area (Å²) in [7, 11) is 0. The molecule has 0 saturated heterocycles. The summed E-state index contributed by atoms with van der Waals surface area (Å²) in [5.74, 6) is 2.34. The second-order valence-corrected chi connectivity index (χ2v) is 5.64. The molecule has 3 aromatic rings. The number of nitrogens with zero attached hydrogens (tertiary/aromatic N) is 3. The highest BCUT2D eigenvalue weighted by Gasteiger charge is 2.09. The fourth-order valence-electron chi connectivity index (χ4n) is 1.75. The summed E-state index contributed by atoms with van der Waals surface area (Å²) in [4.78, 5) is 9.46. The molecule has 0 saturated carbocycles. The molecule has 0 unspecified atom stereocenters. The van der Waals surface area contributed by atoms with Crippen LogP contribution in [0.3, 0.4) is 0 Å².